The number of benzene rings is 2. The fraction of sp³-hybridized carbons (Fsp3) is 0.368. The third-order valence-electron chi connectivity index (χ3n) is 4.37. The zero-order chi connectivity index (χ0) is 15.4. The van der Waals surface area contributed by atoms with Gasteiger partial charge in [-0.05, 0) is 29.5 Å². The topological polar surface area (TPSA) is 52.5 Å². The molecule has 0 saturated carbocycles. The Bertz CT molecular complexity index is 574. The number of hydrogen-bond donors (Lipinski definition) is 3. The quantitative estimate of drug-likeness (QED) is 0.766. The van der Waals surface area contributed by atoms with Crippen LogP contribution < -0.4 is 5.32 Å². The number of aliphatic hydroxyl groups excluding tert-OH is 2. The van der Waals surface area contributed by atoms with Gasteiger partial charge in [0.2, 0.25) is 0 Å². The van der Waals surface area contributed by atoms with Crippen molar-refractivity contribution < 1.29 is 10.2 Å². The van der Waals surface area contributed by atoms with Crippen LogP contribution in [0.25, 0.3) is 0 Å². The zero-order valence-electron chi connectivity index (χ0n) is 12.7. The minimum Gasteiger partial charge on any atom is -0.392 e. The fourth-order valence-corrected chi connectivity index (χ4v) is 3.16. The van der Waals surface area contributed by atoms with E-state index in [4.69, 9.17) is 0 Å². The Morgan fingerprint density at radius 3 is 2.14 bits per heavy atom. The maximum absolute atomic E-state index is 10.1. The molecule has 22 heavy (non-hydrogen) atoms. The number of rotatable bonds is 6. The van der Waals surface area contributed by atoms with Crippen molar-refractivity contribution in [2.24, 2.45) is 0 Å². The first-order valence-corrected chi connectivity index (χ1v) is 7.93. The van der Waals surface area contributed by atoms with E-state index in [1.807, 2.05) is 30.3 Å². The number of fused-ring (bicyclic) bond motifs is 1. The third-order valence-corrected chi connectivity index (χ3v) is 4.37. The van der Waals surface area contributed by atoms with Gasteiger partial charge in [-0.2, -0.15) is 0 Å². The third kappa shape index (κ3) is 3.74. The van der Waals surface area contributed by atoms with Crippen LogP contribution in [0.15, 0.2) is 54.6 Å². The van der Waals surface area contributed by atoms with E-state index in [0.29, 0.717) is 19.0 Å². The molecule has 2 aromatic carbocycles. The molecule has 0 aliphatic heterocycles. The molecule has 0 aromatic heterocycles. The zero-order valence-corrected chi connectivity index (χ0v) is 12.7. The normalized spacial score (nSPS) is 17.2. The Morgan fingerprint density at radius 1 is 0.909 bits per heavy atom. The van der Waals surface area contributed by atoms with E-state index in [1.54, 1.807) is 0 Å². The summed E-state index contributed by atoms with van der Waals surface area (Å²) in [5, 5.41) is 23.7. The molecule has 0 bridgehead atoms. The van der Waals surface area contributed by atoms with Crippen LogP contribution in [-0.2, 0) is 12.8 Å². The average Bonchev–Trinajstić information content (AvgIpc) is 2.96. The van der Waals surface area contributed by atoms with Crippen molar-refractivity contribution >= 4 is 0 Å². The van der Waals surface area contributed by atoms with E-state index in [1.165, 1.54) is 11.1 Å². The Hall–Kier alpha value is -1.68. The van der Waals surface area contributed by atoms with Gasteiger partial charge >= 0.3 is 0 Å². The summed E-state index contributed by atoms with van der Waals surface area (Å²) >= 11 is 0. The molecule has 0 saturated heterocycles. The van der Waals surface area contributed by atoms with Crippen molar-refractivity contribution in [3.63, 3.8) is 0 Å². The van der Waals surface area contributed by atoms with Gasteiger partial charge in [0.15, 0.2) is 0 Å². The predicted molar refractivity (Wildman–Crippen MR) is 87.7 cm³/mol. The average molecular weight is 297 g/mol. The van der Waals surface area contributed by atoms with Crippen LogP contribution in [0.5, 0.6) is 0 Å². The molecule has 1 aliphatic rings. The first kappa shape index (κ1) is 15.2. The van der Waals surface area contributed by atoms with E-state index in [-0.39, 0.29) is 0 Å². The van der Waals surface area contributed by atoms with Gasteiger partial charge in [-0.3, -0.25) is 0 Å². The van der Waals surface area contributed by atoms with Gasteiger partial charge in [-0.15, -0.1) is 0 Å². The maximum atomic E-state index is 10.1. The highest BCUT2D eigenvalue weighted by atomic mass is 16.3. The summed E-state index contributed by atoms with van der Waals surface area (Å²) < 4.78 is 0. The van der Waals surface area contributed by atoms with Gasteiger partial charge in [0.1, 0.15) is 0 Å². The largest absolute Gasteiger partial charge is 0.392 e. The molecule has 3 heteroatoms. The lowest BCUT2D eigenvalue weighted by molar-refractivity contribution is 0.0785. The molecule has 0 heterocycles. The van der Waals surface area contributed by atoms with E-state index in [0.717, 1.165) is 18.4 Å². The van der Waals surface area contributed by atoms with Crippen molar-refractivity contribution in [2.75, 3.05) is 6.54 Å². The summed E-state index contributed by atoms with van der Waals surface area (Å²) in [5.74, 6) is 0. The number of nitrogens with one attached hydrogen (secondary N) is 1. The monoisotopic (exact) mass is 297 g/mol. The predicted octanol–water partition coefficient (Wildman–Crippen LogP) is 2.23. The standard InChI is InChI=1S/C19H23NO2/c21-18(12-19(22)14-6-2-1-3-7-14)13-20-17-10-15-8-4-5-9-16(15)11-17/h1-9,17-22H,10-13H2. The van der Waals surface area contributed by atoms with Crippen LogP contribution in [-0.4, -0.2) is 28.9 Å². The summed E-state index contributed by atoms with van der Waals surface area (Å²) in [7, 11) is 0. The van der Waals surface area contributed by atoms with E-state index in [2.05, 4.69) is 29.6 Å². The minimum absolute atomic E-state index is 0.358. The molecule has 0 fully saturated rings. The summed E-state index contributed by atoms with van der Waals surface area (Å²) in [6, 6.07) is 18.4. The Kier molecular flexibility index (Phi) is 4.88. The van der Waals surface area contributed by atoms with Crippen LogP contribution >= 0.6 is 0 Å². The molecule has 0 amide bonds. The second-order valence-electron chi connectivity index (χ2n) is 6.10. The highest BCUT2D eigenvalue weighted by molar-refractivity contribution is 5.33. The van der Waals surface area contributed by atoms with Gasteiger partial charge in [-0.1, -0.05) is 54.6 Å². The molecule has 3 N–H and O–H groups in total. The minimum atomic E-state index is -0.612. The van der Waals surface area contributed by atoms with Crippen molar-refractivity contribution in [1.82, 2.24) is 5.32 Å². The Labute approximate surface area is 131 Å². The summed E-state index contributed by atoms with van der Waals surface area (Å²) in [6.07, 6.45) is 1.24. The van der Waals surface area contributed by atoms with Gasteiger partial charge < -0.3 is 15.5 Å². The smallest absolute Gasteiger partial charge is 0.0815 e. The molecular formula is C19H23NO2. The van der Waals surface area contributed by atoms with Gasteiger partial charge in [-0.25, -0.2) is 0 Å². The number of hydrogen-bond acceptors (Lipinski definition) is 3. The molecule has 116 valence electrons. The van der Waals surface area contributed by atoms with Gasteiger partial charge in [0.25, 0.3) is 0 Å². The van der Waals surface area contributed by atoms with Crippen molar-refractivity contribution in [1.29, 1.82) is 0 Å². The van der Waals surface area contributed by atoms with Crippen LogP contribution in [0.4, 0.5) is 0 Å². The highest BCUT2D eigenvalue weighted by Gasteiger charge is 2.21. The van der Waals surface area contributed by atoms with Gasteiger partial charge in [0.05, 0.1) is 12.2 Å². The van der Waals surface area contributed by atoms with Crippen molar-refractivity contribution in [2.45, 2.75) is 37.5 Å². The van der Waals surface area contributed by atoms with E-state index < -0.39 is 12.2 Å². The molecule has 3 rings (SSSR count). The molecule has 2 aromatic rings. The second-order valence-corrected chi connectivity index (χ2v) is 6.10. The number of aliphatic hydroxyl groups is 2. The lowest BCUT2D eigenvalue weighted by Crippen LogP contribution is -2.36. The van der Waals surface area contributed by atoms with Crippen LogP contribution in [0, 0.1) is 0 Å². The van der Waals surface area contributed by atoms with Gasteiger partial charge in [0, 0.05) is 19.0 Å². The molecule has 2 atom stereocenters. The molecule has 2 unspecified atom stereocenters. The summed E-state index contributed by atoms with van der Waals surface area (Å²) in [5.41, 5.74) is 3.66. The molecule has 3 nitrogen and oxygen atoms in total. The van der Waals surface area contributed by atoms with Crippen LogP contribution in [0.1, 0.15) is 29.2 Å². The van der Waals surface area contributed by atoms with Crippen LogP contribution in [0.3, 0.4) is 0 Å². The Balaban J connectivity index is 1.45. The maximum Gasteiger partial charge on any atom is 0.0815 e. The molecule has 1 aliphatic carbocycles. The van der Waals surface area contributed by atoms with Crippen molar-refractivity contribution in [3.05, 3.63) is 71.3 Å². The lowest BCUT2D eigenvalue weighted by atomic mass is 10.0. The molecular weight excluding hydrogens is 274 g/mol. The fourth-order valence-electron chi connectivity index (χ4n) is 3.16. The van der Waals surface area contributed by atoms with Crippen molar-refractivity contribution in [3.8, 4) is 0 Å². The first-order chi connectivity index (χ1) is 10.7. The highest BCUT2D eigenvalue weighted by Crippen LogP contribution is 2.22. The SMILES string of the molecule is OC(CNC1Cc2ccccc2C1)CC(O)c1ccccc1. The van der Waals surface area contributed by atoms with Crippen LogP contribution in [0.2, 0.25) is 0 Å². The molecule has 0 spiro atoms. The summed E-state index contributed by atoms with van der Waals surface area (Å²) in [4.78, 5) is 0. The second kappa shape index (κ2) is 7.05. The summed E-state index contributed by atoms with van der Waals surface area (Å²) in [6.45, 7) is 0.516. The Morgan fingerprint density at radius 2 is 1.50 bits per heavy atom. The van der Waals surface area contributed by atoms with E-state index >= 15 is 0 Å². The molecule has 0 radical (unpaired) electrons. The van der Waals surface area contributed by atoms with E-state index in [9.17, 15) is 10.2 Å². The lowest BCUT2D eigenvalue weighted by Gasteiger charge is -2.19. The first-order valence-electron chi connectivity index (χ1n) is 7.93.